The monoisotopic (exact) mass is 260 g/mol. The number of hydrogen-bond acceptors (Lipinski definition) is 6. The van der Waals surface area contributed by atoms with Crippen molar-refractivity contribution in [2.75, 3.05) is 7.11 Å². The topological polar surface area (TPSA) is 104 Å². The third kappa shape index (κ3) is 3.26. The molecular weight excluding hydrogens is 248 g/mol. The van der Waals surface area contributed by atoms with Gasteiger partial charge < -0.3 is 20.1 Å². The van der Waals surface area contributed by atoms with Crippen LogP contribution in [0.2, 0.25) is 0 Å². The molecule has 0 saturated heterocycles. The van der Waals surface area contributed by atoms with Crippen molar-refractivity contribution >= 4 is 23.3 Å². The van der Waals surface area contributed by atoms with Gasteiger partial charge in [0, 0.05) is 5.56 Å². The smallest absolute Gasteiger partial charge is 0.348 e. The summed E-state index contributed by atoms with van der Waals surface area (Å²) < 4.78 is 4.51. The minimum atomic E-state index is -1.47. The molecular formula is C10H12O6S. The predicted octanol–water partition coefficient (Wildman–Crippen LogP) is 0.404. The van der Waals surface area contributed by atoms with E-state index in [9.17, 15) is 19.8 Å². The Labute approximate surface area is 101 Å². The van der Waals surface area contributed by atoms with Crippen LogP contribution >= 0.6 is 11.3 Å². The fraction of sp³-hybridized carbons (Fsp3) is 0.400. The highest BCUT2D eigenvalue weighted by atomic mass is 32.1. The van der Waals surface area contributed by atoms with E-state index in [4.69, 9.17) is 5.11 Å². The van der Waals surface area contributed by atoms with E-state index in [1.165, 1.54) is 13.2 Å². The molecule has 0 aliphatic carbocycles. The SMILES string of the molecule is COC(=O)c1sccc1C(O)C(O)CC(=O)O. The second-order valence-electron chi connectivity index (χ2n) is 3.31. The third-order valence-electron chi connectivity index (χ3n) is 2.13. The fourth-order valence-electron chi connectivity index (χ4n) is 1.31. The molecule has 1 rings (SSSR count). The molecule has 0 aliphatic heterocycles. The first kappa shape index (κ1) is 13.6. The molecule has 0 bridgehead atoms. The Balaban J connectivity index is 2.88. The number of carboxylic acid groups (broad SMARTS) is 1. The van der Waals surface area contributed by atoms with Gasteiger partial charge in [0.1, 0.15) is 11.0 Å². The van der Waals surface area contributed by atoms with Gasteiger partial charge in [-0.05, 0) is 11.4 Å². The average Bonchev–Trinajstić information content (AvgIpc) is 2.74. The van der Waals surface area contributed by atoms with Gasteiger partial charge in [0.25, 0.3) is 0 Å². The molecule has 0 spiro atoms. The van der Waals surface area contributed by atoms with Crippen LogP contribution in [0.3, 0.4) is 0 Å². The Kier molecular flexibility index (Phi) is 4.62. The molecule has 2 atom stereocenters. The number of carbonyl (C=O) groups is 2. The fourth-order valence-corrected chi connectivity index (χ4v) is 2.16. The quantitative estimate of drug-likeness (QED) is 0.662. The highest BCUT2D eigenvalue weighted by molar-refractivity contribution is 7.12. The lowest BCUT2D eigenvalue weighted by Crippen LogP contribution is -2.22. The van der Waals surface area contributed by atoms with Crippen molar-refractivity contribution in [1.82, 2.24) is 0 Å². The average molecular weight is 260 g/mol. The number of thiophene rings is 1. The molecule has 7 heteroatoms. The molecule has 1 heterocycles. The zero-order valence-corrected chi connectivity index (χ0v) is 9.81. The van der Waals surface area contributed by atoms with Gasteiger partial charge in [-0.15, -0.1) is 11.3 Å². The summed E-state index contributed by atoms with van der Waals surface area (Å²) >= 11 is 1.05. The van der Waals surface area contributed by atoms with Crippen LogP contribution in [-0.2, 0) is 9.53 Å². The highest BCUT2D eigenvalue weighted by Gasteiger charge is 2.26. The Morgan fingerprint density at radius 1 is 1.47 bits per heavy atom. The molecule has 1 aromatic heterocycles. The van der Waals surface area contributed by atoms with Gasteiger partial charge in [0.05, 0.1) is 19.6 Å². The van der Waals surface area contributed by atoms with E-state index in [-0.39, 0.29) is 10.4 Å². The van der Waals surface area contributed by atoms with Crippen LogP contribution in [0.4, 0.5) is 0 Å². The van der Waals surface area contributed by atoms with E-state index in [1.807, 2.05) is 0 Å². The number of esters is 1. The molecule has 1 aromatic rings. The van der Waals surface area contributed by atoms with E-state index >= 15 is 0 Å². The summed E-state index contributed by atoms with van der Waals surface area (Å²) in [4.78, 5) is 21.9. The van der Waals surface area contributed by atoms with Crippen molar-refractivity contribution in [2.45, 2.75) is 18.6 Å². The van der Waals surface area contributed by atoms with Crippen LogP contribution in [-0.4, -0.2) is 40.5 Å². The highest BCUT2D eigenvalue weighted by Crippen LogP contribution is 2.27. The van der Waals surface area contributed by atoms with Crippen LogP contribution in [0.25, 0.3) is 0 Å². The zero-order chi connectivity index (χ0) is 13.0. The summed E-state index contributed by atoms with van der Waals surface area (Å²) in [6.45, 7) is 0. The summed E-state index contributed by atoms with van der Waals surface area (Å²) in [5, 5.41) is 29.2. The number of aliphatic hydroxyl groups excluding tert-OH is 2. The van der Waals surface area contributed by atoms with Gasteiger partial charge in [-0.3, -0.25) is 4.79 Å². The third-order valence-corrected chi connectivity index (χ3v) is 3.04. The van der Waals surface area contributed by atoms with Crippen molar-refractivity contribution in [3.05, 3.63) is 21.9 Å². The molecule has 6 nitrogen and oxygen atoms in total. The van der Waals surface area contributed by atoms with E-state index in [1.54, 1.807) is 5.38 Å². The maximum absolute atomic E-state index is 11.3. The van der Waals surface area contributed by atoms with Crippen LogP contribution in [0, 0.1) is 0 Å². The number of ether oxygens (including phenoxy) is 1. The van der Waals surface area contributed by atoms with Gasteiger partial charge in [0.2, 0.25) is 0 Å². The number of aliphatic hydroxyl groups is 2. The van der Waals surface area contributed by atoms with Gasteiger partial charge in [-0.25, -0.2) is 4.79 Å². The van der Waals surface area contributed by atoms with Crippen LogP contribution < -0.4 is 0 Å². The molecule has 0 aliphatic rings. The molecule has 0 amide bonds. The molecule has 94 valence electrons. The summed E-state index contributed by atoms with van der Waals surface area (Å²) in [5.74, 6) is -1.86. The first-order valence-corrected chi connectivity index (χ1v) is 5.59. The Bertz CT molecular complexity index is 413. The van der Waals surface area contributed by atoms with Crippen molar-refractivity contribution in [2.24, 2.45) is 0 Å². The molecule has 0 aromatic carbocycles. The molecule has 0 radical (unpaired) electrons. The van der Waals surface area contributed by atoms with E-state index in [0.29, 0.717) is 0 Å². The summed E-state index contributed by atoms with van der Waals surface area (Å²) in [7, 11) is 1.20. The predicted molar refractivity (Wildman–Crippen MR) is 58.9 cm³/mol. The first-order chi connectivity index (χ1) is 7.97. The normalized spacial score (nSPS) is 14.1. The Hall–Kier alpha value is -1.44. The lowest BCUT2D eigenvalue weighted by atomic mass is 10.0. The van der Waals surface area contributed by atoms with Crippen LogP contribution in [0.5, 0.6) is 0 Å². The van der Waals surface area contributed by atoms with Crippen molar-refractivity contribution < 1.29 is 29.6 Å². The standard InChI is InChI=1S/C10H12O6S/c1-16-10(15)9-5(2-3-17-9)8(14)6(11)4-7(12)13/h2-3,6,8,11,14H,4H2,1H3,(H,12,13). The molecule has 2 unspecified atom stereocenters. The number of aliphatic carboxylic acids is 1. The van der Waals surface area contributed by atoms with E-state index < -0.39 is 30.6 Å². The zero-order valence-electron chi connectivity index (χ0n) is 8.99. The van der Waals surface area contributed by atoms with Gasteiger partial charge >= 0.3 is 11.9 Å². The number of rotatable bonds is 5. The van der Waals surface area contributed by atoms with Crippen molar-refractivity contribution in [3.63, 3.8) is 0 Å². The lowest BCUT2D eigenvalue weighted by molar-refractivity contribution is -0.141. The first-order valence-electron chi connectivity index (χ1n) is 4.71. The molecule has 3 N–H and O–H groups in total. The van der Waals surface area contributed by atoms with Crippen molar-refractivity contribution in [1.29, 1.82) is 0 Å². The van der Waals surface area contributed by atoms with E-state index in [2.05, 4.69) is 4.74 Å². The minimum absolute atomic E-state index is 0.157. The van der Waals surface area contributed by atoms with Crippen molar-refractivity contribution in [3.8, 4) is 0 Å². The summed E-state index contributed by atoms with van der Waals surface area (Å²) in [5.41, 5.74) is 0.176. The van der Waals surface area contributed by atoms with Crippen LogP contribution in [0.15, 0.2) is 11.4 Å². The summed E-state index contributed by atoms with van der Waals surface area (Å²) in [6, 6.07) is 1.45. The number of carboxylic acids is 1. The molecule has 17 heavy (non-hydrogen) atoms. The maximum atomic E-state index is 11.3. The second kappa shape index (κ2) is 5.76. The van der Waals surface area contributed by atoms with Gasteiger partial charge in [-0.1, -0.05) is 0 Å². The van der Waals surface area contributed by atoms with E-state index in [0.717, 1.165) is 11.3 Å². The Morgan fingerprint density at radius 3 is 2.65 bits per heavy atom. The minimum Gasteiger partial charge on any atom is -0.481 e. The molecule has 0 fully saturated rings. The number of hydrogen-bond donors (Lipinski definition) is 3. The van der Waals surface area contributed by atoms with Gasteiger partial charge in [-0.2, -0.15) is 0 Å². The number of methoxy groups -OCH3 is 1. The number of carbonyl (C=O) groups excluding carboxylic acids is 1. The largest absolute Gasteiger partial charge is 0.481 e. The lowest BCUT2D eigenvalue weighted by Gasteiger charge is -2.16. The second-order valence-corrected chi connectivity index (χ2v) is 4.22. The Morgan fingerprint density at radius 2 is 2.12 bits per heavy atom. The summed E-state index contributed by atoms with van der Waals surface area (Å²) in [6.07, 6.45) is -3.49. The maximum Gasteiger partial charge on any atom is 0.348 e. The molecule has 0 saturated carbocycles. The van der Waals surface area contributed by atoms with Gasteiger partial charge in [0.15, 0.2) is 0 Å². The van der Waals surface area contributed by atoms with Crippen LogP contribution in [0.1, 0.15) is 27.8 Å².